The molecule has 0 atom stereocenters. The first-order valence-electron chi connectivity index (χ1n) is 5.93. The van der Waals surface area contributed by atoms with Crippen LogP contribution in [0.3, 0.4) is 0 Å². The van der Waals surface area contributed by atoms with Crippen molar-refractivity contribution in [2.45, 2.75) is 30.7 Å². The Morgan fingerprint density at radius 2 is 2.05 bits per heavy atom. The fourth-order valence-corrected chi connectivity index (χ4v) is 4.46. The van der Waals surface area contributed by atoms with Crippen molar-refractivity contribution in [3.8, 4) is 0 Å². The van der Waals surface area contributed by atoms with Crippen molar-refractivity contribution in [3.05, 3.63) is 28.0 Å². The minimum atomic E-state index is -4.14. The van der Waals surface area contributed by atoms with E-state index in [2.05, 4.69) is 28.2 Å². The minimum absolute atomic E-state index is 0.0289. The lowest BCUT2D eigenvalue weighted by Crippen LogP contribution is -2.43. The number of benzene rings is 1. The summed E-state index contributed by atoms with van der Waals surface area (Å²) in [6, 6.07) is 1.80. The van der Waals surface area contributed by atoms with E-state index < -0.39 is 25.7 Å². The Morgan fingerprint density at radius 3 is 2.55 bits per heavy atom. The second kappa shape index (κ2) is 5.61. The quantitative estimate of drug-likeness (QED) is 0.815. The molecule has 1 N–H and O–H groups in total. The van der Waals surface area contributed by atoms with Gasteiger partial charge in [0, 0.05) is 16.7 Å². The van der Waals surface area contributed by atoms with Crippen molar-refractivity contribution in [1.29, 1.82) is 0 Å². The van der Waals surface area contributed by atoms with Crippen LogP contribution in [0.15, 0.2) is 21.5 Å². The first-order chi connectivity index (χ1) is 9.18. The number of amides is 1. The van der Waals surface area contributed by atoms with Gasteiger partial charge >= 0.3 is 0 Å². The van der Waals surface area contributed by atoms with E-state index in [1.165, 1.54) is 0 Å². The van der Waals surface area contributed by atoms with Crippen LogP contribution >= 0.6 is 26.6 Å². The minimum Gasteiger partial charge on any atom is -0.349 e. The SMILES string of the molecule is CC1CC(NC(=O)c2cc(F)cc(S(=O)(=O)Cl)c2Br)C1. The predicted octanol–water partition coefficient (Wildman–Crippen LogP) is 3.04. The summed E-state index contributed by atoms with van der Waals surface area (Å²) in [5.74, 6) is -0.801. The topological polar surface area (TPSA) is 63.2 Å². The molecule has 1 saturated carbocycles. The van der Waals surface area contributed by atoms with Crippen molar-refractivity contribution in [3.63, 3.8) is 0 Å². The molecule has 1 aromatic rings. The zero-order chi connectivity index (χ0) is 15.1. The van der Waals surface area contributed by atoms with E-state index in [-0.39, 0.29) is 16.1 Å². The van der Waals surface area contributed by atoms with Gasteiger partial charge in [-0.2, -0.15) is 0 Å². The van der Waals surface area contributed by atoms with Crippen LogP contribution in [-0.4, -0.2) is 20.4 Å². The molecular formula is C12H12BrClFNO3S. The molecule has 1 aliphatic rings. The van der Waals surface area contributed by atoms with Crippen LogP contribution in [0.2, 0.25) is 0 Å². The van der Waals surface area contributed by atoms with Gasteiger partial charge in [0.15, 0.2) is 0 Å². The lowest BCUT2D eigenvalue weighted by molar-refractivity contribution is 0.0894. The fourth-order valence-electron chi connectivity index (χ4n) is 2.19. The van der Waals surface area contributed by atoms with Crippen molar-refractivity contribution < 1.29 is 17.6 Å². The molecule has 0 spiro atoms. The first kappa shape index (κ1) is 15.7. The molecule has 110 valence electrons. The molecule has 2 rings (SSSR count). The van der Waals surface area contributed by atoms with Crippen LogP contribution in [0.5, 0.6) is 0 Å². The zero-order valence-electron chi connectivity index (χ0n) is 10.5. The maximum absolute atomic E-state index is 13.5. The molecule has 0 aliphatic heterocycles. The summed E-state index contributed by atoms with van der Waals surface area (Å²) in [4.78, 5) is 11.6. The third-order valence-corrected chi connectivity index (χ3v) is 5.68. The molecule has 4 nitrogen and oxygen atoms in total. The lowest BCUT2D eigenvalue weighted by atomic mass is 9.82. The number of hydrogen-bond donors (Lipinski definition) is 1. The van der Waals surface area contributed by atoms with Gasteiger partial charge in [-0.3, -0.25) is 4.79 Å². The molecule has 0 bridgehead atoms. The Bertz CT molecular complexity index is 659. The molecule has 20 heavy (non-hydrogen) atoms. The molecule has 1 aromatic carbocycles. The van der Waals surface area contributed by atoms with Crippen LogP contribution in [0.1, 0.15) is 30.1 Å². The fraction of sp³-hybridized carbons (Fsp3) is 0.417. The van der Waals surface area contributed by atoms with Crippen LogP contribution in [0.4, 0.5) is 4.39 Å². The Hall–Kier alpha value is -0.660. The van der Waals surface area contributed by atoms with Crippen LogP contribution in [0.25, 0.3) is 0 Å². The average Bonchev–Trinajstić information content (AvgIpc) is 2.28. The van der Waals surface area contributed by atoms with E-state index in [4.69, 9.17) is 10.7 Å². The summed E-state index contributed by atoms with van der Waals surface area (Å²) in [6.45, 7) is 2.07. The predicted molar refractivity (Wildman–Crippen MR) is 76.8 cm³/mol. The molecular weight excluding hydrogens is 373 g/mol. The van der Waals surface area contributed by atoms with Crippen LogP contribution in [0, 0.1) is 11.7 Å². The summed E-state index contributed by atoms with van der Waals surface area (Å²) in [7, 11) is 1.08. The first-order valence-corrected chi connectivity index (χ1v) is 9.03. The molecule has 0 aromatic heterocycles. The average molecular weight is 385 g/mol. The molecule has 1 amide bonds. The highest BCUT2D eigenvalue weighted by atomic mass is 79.9. The molecule has 1 aliphatic carbocycles. The Labute approximate surface area is 129 Å². The summed E-state index contributed by atoms with van der Waals surface area (Å²) in [5, 5.41) is 2.74. The molecule has 8 heteroatoms. The normalized spacial score (nSPS) is 22.2. The third kappa shape index (κ3) is 3.32. The largest absolute Gasteiger partial charge is 0.349 e. The highest BCUT2D eigenvalue weighted by Gasteiger charge is 2.29. The molecule has 1 fully saturated rings. The summed E-state index contributed by atoms with van der Waals surface area (Å²) >= 11 is 3.00. The number of carbonyl (C=O) groups is 1. The van der Waals surface area contributed by atoms with E-state index in [1.54, 1.807) is 0 Å². The molecule has 0 unspecified atom stereocenters. The van der Waals surface area contributed by atoms with Crippen molar-refractivity contribution in [1.82, 2.24) is 5.32 Å². The summed E-state index contributed by atoms with van der Waals surface area (Å²) in [6.07, 6.45) is 1.72. The van der Waals surface area contributed by atoms with Crippen molar-refractivity contribution >= 4 is 41.6 Å². The molecule has 0 saturated heterocycles. The second-order valence-electron chi connectivity index (χ2n) is 4.95. The standard InChI is InChI=1S/C12H12BrClFNO3S/c1-6-2-8(3-6)16-12(17)9-4-7(15)5-10(11(9)13)20(14,18)19/h4-6,8H,2-3H2,1H3,(H,16,17). The zero-order valence-corrected chi connectivity index (χ0v) is 13.6. The Balaban J connectivity index is 2.32. The lowest BCUT2D eigenvalue weighted by Gasteiger charge is -2.33. The highest BCUT2D eigenvalue weighted by molar-refractivity contribution is 9.10. The van der Waals surface area contributed by atoms with E-state index in [1.807, 2.05) is 0 Å². The van der Waals surface area contributed by atoms with Gasteiger partial charge in [-0.1, -0.05) is 6.92 Å². The van der Waals surface area contributed by atoms with Crippen LogP contribution < -0.4 is 5.32 Å². The van der Waals surface area contributed by atoms with E-state index in [0.717, 1.165) is 25.0 Å². The van der Waals surface area contributed by atoms with Gasteiger partial charge in [0.25, 0.3) is 15.0 Å². The Morgan fingerprint density at radius 1 is 1.45 bits per heavy atom. The van der Waals surface area contributed by atoms with Crippen LogP contribution in [-0.2, 0) is 9.05 Å². The van der Waals surface area contributed by atoms with Crippen molar-refractivity contribution in [2.75, 3.05) is 0 Å². The van der Waals surface area contributed by atoms with Gasteiger partial charge in [0.05, 0.1) is 10.0 Å². The second-order valence-corrected chi connectivity index (χ2v) is 8.28. The number of hydrogen-bond acceptors (Lipinski definition) is 3. The monoisotopic (exact) mass is 383 g/mol. The van der Waals surface area contributed by atoms with Gasteiger partial charge in [-0.05, 0) is 46.8 Å². The van der Waals surface area contributed by atoms with E-state index in [0.29, 0.717) is 5.92 Å². The maximum atomic E-state index is 13.5. The van der Waals surface area contributed by atoms with Gasteiger partial charge in [0.1, 0.15) is 10.7 Å². The molecule has 0 heterocycles. The smallest absolute Gasteiger partial charge is 0.262 e. The number of rotatable bonds is 3. The number of nitrogens with one attached hydrogen (secondary N) is 1. The van der Waals surface area contributed by atoms with Gasteiger partial charge in [-0.15, -0.1) is 0 Å². The van der Waals surface area contributed by atoms with Crippen molar-refractivity contribution in [2.24, 2.45) is 5.92 Å². The number of carbonyl (C=O) groups excluding carboxylic acids is 1. The van der Waals surface area contributed by atoms with Gasteiger partial charge < -0.3 is 5.32 Å². The van der Waals surface area contributed by atoms with Gasteiger partial charge in [-0.25, -0.2) is 12.8 Å². The van der Waals surface area contributed by atoms with E-state index in [9.17, 15) is 17.6 Å². The summed E-state index contributed by atoms with van der Waals surface area (Å²) < 4.78 is 36.1. The molecule has 0 radical (unpaired) electrons. The third-order valence-electron chi connectivity index (χ3n) is 3.22. The summed E-state index contributed by atoms with van der Waals surface area (Å²) in [5.41, 5.74) is -0.0798. The van der Waals surface area contributed by atoms with E-state index >= 15 is 0 Å². The maximum Gasteiger partial charge on any atom is 0.262 e. The van der Waals surface area contributed by atoms with Gasteiger partial charge in [0.2, 0.25) is 0 Å². The number of halogens is 3. The highest BCUT2D eigenvalue weighted by Crippen LogP contribution is 2.31. The Kier molecular flexibility index (Phi) is 4.41.